The van der Waals surface area contributed by atoms with Crippen molar-refractivity contribution in [3.63, 3.8) is 0 Å². The molecule has 0 atom stereocenters. The first kappa shape index (κ1) is 27.6. The Morgan fingerprint density at radius 2 is 1.39 bits per heavy atom. The van der Waals surface area contributed by atoms with E-state index in [-0.39, 0.29) is 16.2 Å². The van der Waals surface area contributed by atoms with Gasteiger partial charge in [0.1, 0.15) is 30.5 Å². The first-order valence-electron chi connectivity index (χ1n) is 13.2. The Morgan fingerprint density at radius 1 is 0.778 bits per heavy atom. The monoisotopic (exact) mass is 491 g/mol. The van der Waals surface area contributed by atoms with Crippen LogP contribution in [0, 0.1) is 0 Å². The van der Waals surface area contributed by atoms with Crippen LogP contribution in [0.25, 0.3) is 5.69 Å². The first-order valence-corrected chi connectivity index (χ1v) is 13.2. The molecule has 36 heavy (non-hydrogen) atoms. The number of anilines is 1. The zero-order chi connectivity index (χ0) is 26.7. The van der Waals surface area contributed by atoms with Crippen molar-refractivity contribution in [2.75, 3.05) is 18.9 Å². The summed E-state index contributed by atoms with van der Waals surface area (Å²) in [6.07, 6.45) is 2.14. The second kappa shape index (κ2) is 10.6. The molecule has 0 aliphatic rings. The van der Waals surface area contributed by atoms with Crippen molar-refractivity contribution >= 4 is 5.82 Å². The van der Waals surface area contributed by atoms with Gasteiger partial charge in [0, 0.05) is 17.0 Å². The molecule has 0 spiro atoms. The number of nitrogen functional groups attached to an aromatic ring is 1. The number of ether oxygens (including phenoxy) is 2. The Kier molecular flexibility index (Phi) is 8.12. The molecular formula is C31H45N3O2. The third-order valence-corrected chi connectivity index (χ3v) is 7.45. The second-order valence-electron chi connectivity index (χ2n) is 12.0. The fourth-order valence-electron chi connectivity index (χ4n) is 3.96. The maximum Gasteiger partial charge on any atom is 0.127 e. The number of nitrogens with two attached hydrogens (primary N) is 1. The topological polar surface area (TPSA) is 62.3 Å². The standard InChI is InChI=1S/C31H45N3O2/c1-10-30(6,7)22-12-17-26(25(20-22)31(8,9)11-2)36-19-18-35-24-15-13-23(14-16-24)34-28(32)21-27(33-34)29(3,4)5/h12-17,20-21H,10-11,18-19,32H2,1-9H3. The molecule has 0 amide bonds. The van der Waals surface area contributed by atoms with Gasteiger partial charge in [0.05, 0.1) is 11.4 Å². The summed E-state index contributed by atoms with van der Waals surface area (Å²) < 4.78 is 14.0. The SMILES string of the molecule is CCC(C)(C)c1ccc(OCCOc2ccc(-n3nc(C(C)(C)C)cc3N)cc2)c(C(C)(C)CC)c1. The average Bonchev–Trinajstić information content (AvgIpc) is 3.24. The molecule has 1 heterocycles. The quantitative estimate of drug-likeness (QED) is 0.297. The summed E-state index contributed by atoms with van der Waals surface area (Å²) in [5.41, 5.74) is 10.8. The van der Waals surface area contributed by atoms with E-state index >= 15 is 0 Å². The highest BCUT2D eigenvalue weighted by atomic mass is 16.5. The Balaban J connectivity index is 1.65. The number of benzene rings is 2. The highest BCUT2D eigenvalue weighted by molar-refractivity contribution is 5.46. The minimum absolute atomic E-state index is 0.0348. The molecule has 0 aliphatic heterocycles. The minimum Gasteiger partial charge on any atom is -0.490 e. The van der Waals surface area contributed by atoms with Crippen molar-refractivity contribution < 1.29 is 9.47 Å². The highest BCUT2D eigenvalue weighted by Gasteiger charge is 2.26. The van der Waals surface area contributed by atoms with Crippen LogP contribution < -0.4 is 15.2 Å². The lowest BCUT2D eigenvalue weighted by Crippen LogP contribution is -2.22. The molecular weight excluding hydrogens is 446 g/mol. The molecule has 0 fully saturated rings. The van der Waals surface area contributed by atoms with Gasteiger partial charge in [0.2, 0.25) is 0 Å². The molecule has 2 aromatic carbocycles. The van der Waals surface area contributed by atoms with Gasteiger partial charge in [-0.05, 0) is 59.6 Å². The van der Waals surface area contributed by atoms with Gasteiger partial charge in [-0.25, -0.2) is 4.68 Å². The van der Waals surface area contributed by atoms with E-state index in [1.165, 1.54) is 11.1 Å². The predicted molar refractivity (Wildman–Crippen MR) is 151 cm³/mol. The smallest absolute Gasteiger partial charge is 0.127 e. The molecule has 0 aliphatic carbocycles. The molecule has 2 N–H and O–H groups in total. The Hall–Kier alpha value is -2.95. The van der Waals surface area contributed by atoms with Gasteiger partial charge in [-0.2, -0.15) is 5.10 Å². The fraction of sp³-hybridized carbons (Fsp3) is 0.516. The van der Waals surface area contributed by atoms with Crippen LogP contribution in [0.2, 0.25) is 0 Å². The summed E-state index contributed by atoms with van der Waals surface area (Å²) in [6.45, 7) is 21.0. The summed E-state index contributed by atoms with van der Waals surface area (Å²) in [6, 6.07) is 16.5. The van der Waals surface area contributed by atoms with E-state index in [4.69, 9.17) is 15.2 Å². The summed E-state index contributed by atoms with van der Waals surface area (Å²) in [5.74, 6) is 2.36. The highest BCUT2D eigenvalue weighted by Crippen LogP contribution is 2.38. The van der Waals surface area contributed by atoms with Gasteiger partial charge in [-0.15, -0.1) is 0 Å². The summed E-state index contributed by atoms with van der Waals surface area (Å²) >= 11 is 0. The van der Waals surface area contributed by atoms with Crippen LogP contribution in [-0.4, -0.2) is 23.0 Å². The Bertz CT molecular complexity index is 1150. The molecule has 0 saturated carbocycles. The van der Waals surface area contributed by atoms with Crippen molar-refractivity contribution in [1.29, 1.82) is 0 Å². The predicted octanol–water partition coefficient (Wildman–Crippen LogP) is 7.59. The number of hydrogen-bond acceptors (Lipinski definition) is 4. The van der Waals surface area contributed by atoms with Gasteiger partial charge >= 0.3 is 0 Å². The number of rotatable bonds is 10. The van der Waals surface area contributed by atoms with Crippen LogP contribution in [0.3, 0.4) is 0 Å². The van der Waals surface area contributed by atoms with Crippen LogP contribution in [-0.2, 0) is 16.2 Å². The Labute approximate surface area is 218 Å². The lowest BCUT2D eigenvalue weighted by Gasteiger charge is -2.30. The van der Waals surface area contributed by atoms with E-state index in [9.17, 15) is 0 Å². The van der Waals surface area contributed by atoms with Gasteiger partial charge in [-0.1, -0.05) is 74.4 Å². The minimum atomic E-state index is -0.0544. The molecule has 0 bridgehead atoms. The third-order valence-electron chi connectivity index (χ3n) is 7.45. The molecule has 0 radical (unpaired) electrons. The summed E-state index contributed by atoms with van der Waals surface area (Å²) in [4.78, 5) is 0. The van der Waals surface area contributed by atoms with Crippen LogP contribution in [0.5, 0.6) is 11.5 Å². The molecule has 196 valence electrons. The van der Waals surface area contributed by atoms with Crippen molar-refractivity contribution in [1.82, 2.24) is 9.78 Å². The number of aromatic nitrogens is 2. The number of hydrogen-bond donors (Lipinski definition) is 1. The molecule has 3 rings (SSSR count). The first-order chi connectivity index (χ1) is 16.8. The van der Waals surface area contributed by atoms with E-state index in [0.717, 1.165) is 35.7 Å². The maximum atomic E-state index is 6.24. The largest absolute Gasteiger partial charge is 0.490 e. The lowest BCUT2D eigenvalue weighted by molar-refractivity contribution is 0.213. The molecule has 0 unspecified atom stereocenters. The van der Waals surface area contributed by atoms with Gasteiger partial charge in [0.15, 0.2) is 0 Å². The van der Waals surface area contributed by atoms with Crippen molar-refractivity contribution in [3.05, 3.63) is 65.4 Å². The molecule has 0 saturated heterocycles. The summed E-state index contributed by atoms with van der Waals surface area (Å²) in [5, 5.41) is 4.68. The van der Waals surface area contributed by atoms with Crippen LogP contribution in [0.4, 0.5) is 5.82 Å². The van der Waals surface area contributed by atoms with E-state index < -0.39 is 0 Å². The zero-order valence-electron chi connectivity index (χ0n) is 23.7. The zero-order valence-corrected chi connectivity index (χ0v) is 23.7. The van der Waals surface area contributed by atoms with Crippen LogP contribution in [0.15, 0.2) is 48.5 Å². The molecule has 5 nitrogen and oxygen atoms in total. The van der Waals surface area contributed by atoms with Crippen molar-refractivity contribution in [2.45, 2.75) is 91.4 Å². The van der Waals surface area contributed by atoms with Crippen molar-refractivity contribution in [3.8, 4) is 17.2 Å². The molecule has 5 heteroatoms. The van der Waals surface area contributed by atoms with Gasteiger partial charge in [0.25, 0.3) is 0 Å². The van der Waals surface area contributed by atoms with E-state index in [2.05, 4.69) is 85.6 Å². The Morgan fingerprint density at radius 3 is 1.94 bits per heavy atom. The van der Waals surface area contributed by atoms with Gasteiger partial charge in [-0.3, -0.25) is 0 Å². The van der Waals surface area contributed by atoms with Crippen molar-refractivity contribution in [2.24, 2.45) is 0 Å². The van der Waals surface area contributed by atoms with Crippen LogP contribution in [0.1, 0.15) is 92.0 Å². The lowest BCUT2D eigenvalue weighted by atomic mass is 9.76. The number of nitrogens with zero attached hydrogens (tertiary/aromatic N) is 2. The van der Waals surface area contributed by atoms with Crippen LogP contribution >= 0.6 is 0 Å². The molecule has 1 aromatic heterocycles. The second-order valence-corrected chi connectivity index (χ2v) is 12.0. The van der Waals surface area contributed by atoms with E-state index in [1.807, 2.05) is 30.3 Å². The normalized spacial score (nSPS) is 12.6. The van der Waals surface area contributed by atoms with E-state index in [1.54, 1.807) is 4.68 Å². The maximum absolute atomic E-state index is 6.24. The fourth-order valence-corrected chi connectivity index (χ4v) is 3.96. The average molecular weight is 492 g/mol. The molecule has 3 aromatic rings. The van der Waals surface area contributed by atoms with Gasteiger partial charge < -0.3 is 15.2 Å². The summed E-state index contributed by atoms with van der Waals surface area (Å²) in [7, 11) is 0. The van der Waals surface area contributed by atoms with E-state index in [0.29, 0.717) is 19.0 Å². The third kappa shape index (κ3) is 6.24.